The lowest BCUT2D eigenvalue weighted by atomic mass is 10.1. The van der Waals surface area contributed by atoms with E-state index in [0.29, 0.717) is 0 Å². The molecule has 0 aliphatic heterocycles. The Bertz CT molecular complexity index is 729. The van der Waals surface area contributed by atoms with Crippen LogP contribution in [0.1, 0.15) is 18.5 Å². The zero-order valence-electron chi connectivity index (χ0n) is 13.9. The number of urea groups is 1. The zero-order valence-corrected chi connectivity index (χ0v) is 13.9. The Morgan fingerprint density at radius 2 is 1.88 bits per heavy atom. The van der Waals surface area contributed by atoms with E-state index in [1.807, 2.05) is 28.8 Å². The van der Waals surface area contributed by atoms with E-state index in [-0.39, 0.29) is 6.04 Å². The van der Waals surface area contributed by atoms with E-state index in [0.717, 1.165) is 11.3 Å². The van der Waals surface area contributed by atoms with Gasteiger partial charge in [-0.2, -0.15) is 13.2 Å². The second-order valence-electron chi connectivity index (χ2n) is 5.50. The minimum absolute atomic E-state index is 0.356. The quantitative estimate of drug-likeness (QED) is 0.727. The van der Waals surface area contributed by atoms with Crippen LogP contribution < -0.4 is 16.0 Å². The van der Waals surface area contributed by atoms with Crippen LogP contribution in [-0.4, -0.2) is 40.8 Å². The van der Waals surface area contributed by atoms with Gasteiger partial charge in [0.2, 0.25) is 5.91 Å². The number of nitrogens with one attached hydrogen (secondary N) is 3. The first-order valence-electron chi connectivity index (χ1n) is 7.71. The molecule has 1 aromatic carbocycles. The molecule has 0 bridgehead atoms. The van der Waals surface area contributed by atoms with Gasteiger partial charge in [0.15, 0.2) is 0 Å². The Hall–Kier alpha value is -3.04. The third-order valence-electron chi connectivity index (χ3n) is 3.44. The SMILES string of the molecule is C[C@H](NC(=O)NCC(=O)NCC(F)(F)F)c1ccc(-n2ccnc2)cc1. The van der Waals surface area contributed by atoms with Crippen molar-refractivity contribution < 1.29 is 22.8 Å². The highest BCUT2D eigenvalue weighted by Gasteiger charge is 2.27. The number of rotatable bonds is 6. The first-order chi connectivity index (χ1) is 12.2. The maximum Gasteiger partial charge on any atom is 0.405 e. The third-order valence-corrected chi connectivity index (χ3v) is 3.44. The fourth-order valence-corrected chi connectivity index (χ4v) is 2.10. The summed E-state index contributed by atoms with van der Waals surface area (Å²) in [5, 5.41) is 6.49. The Labute approximate surface area is 147 Å². The van der Waals surface area contributed by atoms with Gasteiger partial charge in [0, 0.05) is 18.1 Å². The van der Waals surface area contributed by atoms with Gasteiger partial charge in [0.1, 0.15) is 6.54 Å². The molecule has 0 unspecified atom stereocenters. The molecule has 2 rings (SSSR count). The fraction of sp³-hybridized carbons (Fsp3) is 0.312. The van der Waals surface area contributed by atoms with Crippen molar-refractivity contribution in [3.8, 4) is 5.69 Å². The summed E-state index contributed by atoms with van der Waals surface area (Å²) in [5.74, 6) is -0.921. The molecule has 140 valence electrons. The highest BCUT2D eigenvalue weighted by Crippen LogP contribution is 2.15. The molecule has 0 fully saturated rings. The number of hydrogen-bond acceptors (Lipinski definition) is 3. The predicted octanol–water partition coefficient (Wildman–Crippen LogP) is 1.91. The summed E-state index contributed by atoms with van der Waals surface area (Å²) in [7, 11) is 0. The first-order valence-corrected chi connectivity index (χ1v) is 7.71. The minimum Gasteiger partial charge on any atom is -0.345 e. The van der Waals surface area contributed by atoms with Gasteiger partial charge in [0.05, 0.1) is 18.9 Å². The number of carbonyl (C=O) groups is 2. The van der Waals surface area contributed by atoms with Crippen LogP contribution in [-0.2, 0) is 4.79 Å². The van der Waals surface area contributed by atoms with Crippen molar-refractivity contribution in [1.29, 1.82) is 0 Å². The number of alkyl halides is 3. The summed E-state index contributed by atoms with van der Waals surface area (Å²) in [4.78, 5) is 26.9. The van der Waals surface area contributed by atoms with E-state index in [4.69, 9.17) is 0 Å². The molecule has 1 heterocycles. The Balaban J connectivity index is 1.78. The molecular weight excluding hydrogens is 351 g/mol. The second-order valence-corrected chi connectivity index (χ2v) is 5.50. The highest BCUT2D eigenvalue weighted by molar-refractivity contribution is 5.84. The lowest BCUT2D eigenvalue weighted by molar-refractivity contribution is -0.137. The van der Waals surface area contributed by atoms with Crippen LogP contribution in [0.5, 0.6) is 0 Å². The number of hydrogen-bond donors (Lipinski definition) is 3. The molecule has 0 saturated carbocycles. The topological polar surface area (TPSA) is 88.0 Å². The van der Waals surface area contributed by atoms with Gasteiger partial charge >= 0.3 is 12.2 Å². The van der Waals surface area contributed by atoms with Gasteiger partial charge in [-0.3, -0.25) is 4.79 Å². The highest BCUT2D eigenvalue weighted by atomic mass is 19.4. The number of benzene rings is 1. The molecule has 0 aliphatic rings. The first kappa shape index (κ1) is 19.3. The summed E-state index contributed by atoms with van der Waals surface area (Å²) in [6, 6.07) is 6.37. The van der Waals surface area contributed by atoms with E-state index >= 15 is 0 Å². The van der Waals surface area contributed by atoms with Crippen molar-refractivity contribution in [2.24, 2.45) is 0 Å². The average Bonchev–Trinajstić information content (AvgIpc) is 3.12. The second kappa shape index (κ2) is 8.37. The number of imidazole rings is 1. The molecule has 10 heteroatoms. The Kier molecular flexibility index (Phi) is 6.21. The van der Waals surface area contributed by atoms with Gasteiger partial charge in [-0.15, -0.1) is 0 Å². The molecule has 3 amide bonds. The minimum atomic E-state index is -4.49. The molecule has 1 atom stereocenters. The fourth-order valence-electron chi connectivity index (χ4n) is 2.10. The molecule has 3 N–H and O–H groups in total. The van der Waals surface area contributed by atoms with Crippen molar-refractivity contribution in [2.45, 2.75) is 19.1 Å². The maximum atomic E-state index is 12.0. The summed E-state index contributed by atoms with van der Waals surface area (Å²) in [6.45, 7) is -0.238. The largest absolute Gasteiger partial charge is 0.405 e. The molecule has 0 saturated heterocycles. The van der Waals surface area contributed by atoms with Crippen LogP contribution in [0.4, 0.5) is 18.0 Å². The monoisotopic (exact) mass is 369 g/mol. The summed E-state index contributed by atoms with van der Waals surface area (Å²) in [5.41, 5.74) is 1.73. The van der Waals surface area contributed by atoms with Crippen LogP contribution in [0.2, 0.25) is 0 Å². The molecule has 7 nitrogen and oxygen atoms in total. The smallest absolute Gasteiger partial charge is 0.345 e. The van der Waals surface area contributed by atoms with Gasteiger partial charge in [-0.25, -0.2) is 9.78 Å². The number of amides is 3. The lowest BCUT2D eigenvalue weighted by Crippen LogP contribution is -2.44. The average molecular weight is 369 g/mol. The van der Waals surface area contributed by atoms with Gasteiger partial charge in [-0.05, 0) is 24.6 Å². The van der Waals surface area contributed by atoms with E-state index in [9.17, 15) is 22.8 Å². The van der Waals surface area contributed by atoms with Gasteiger partial charge in [0.25, 0.3) is 0 Å². The number of nitrogens with zero attached hydrogens (tertiary/aromatic N) is 2. The van der Waals surface area contributed by atoms with Gasteiger partial charge in [-0.1, -0.05) is 12.1 Å². The van der Waals surface area contributed by atoms with Crippen LogP contribution in [0.3, 0.4) is 0 Å². The number of aromatic nitrogens is 2. The van der Waals surface area contributed by atoms with Crippen molar-refractivity contribution in [2.75, 3.05) is 13.1 Å². The maximum absolute atomic E-state index is 12.0. The Morgan fingerprint density at radius 3 is 2.46 bits per heavy atom. The van der Waals surface area contributed by atoms with E-state index < -0.39 is 31.2 Å². The zero-order chi connectivity index (χ0) is 19.2. The molecule has 0 radical (unpaired) electrons. The summed E-state index contributed by atoms with van der Waals surface area (Å²) >= 11 is 0. The third kappa shape index (κ3) is 6.11. The number of carbonyl (C=O) groups excluding carboxylic acids is 2. The molecule has 1 aromatic heterocycles. The number of halogens is 3. The molecule has 0 aliphatic carbocycles. The molecule has 26 heavy (non-hydrogen) atoms. The van der Waals surface area contributed by atoms with Crippen molar-refractivity contribution >= 4 is 11.9 Å². The van der Waals surface area contributed by atoms with Crippen molar-refractivity contribution in [3.63, 3.8) is 0 Å². The van der Waals surface area contributed by atoms with E-state index in [1.165, 1.54) is 0 Å². The van der Waals surface area contributed by atoms with E-state index in [2.05, 4.69) is 15.6 Å². The Morgan fingerprint density at radius 1 is 1.19 bits per heavy atom. The summed E-state index contributed by atoms with van der Waals surface area (Å²) < 4.78 is 37.7. The normalized spacial score (nSPS) is 12.3. The van der Waals surface area contributed by atoms with Crippen molar-refractivity contribution in [1.82, 2.24) is 25.5 Å². The van der Waals surface area contributed by atoms with Crippen LogP contribution in [0, 0.1) is 0 Å². The van der Waals surface area contributed by atoms with Gasteiger partial charge < -0.3 is 20.5 Å². The standard InChI is InChI=1S/C16H18F3N5O2/c1-11(12-2-4-13(5-3-12)24-7-6-20-10-24)23-15(26)21-8-14(25)22-9-16(17,18)19/h2-7,10-11H,8-9H2,1H3,(H,22,25)(H2,21,23,26)/t11-/m0/s1. The predicted molar refractivity (Wildman–Crippen MR) is 87.6 cm³/mol. The van der Waals surface area contributed by atoms with Crippen molar-refractivity contribution in [3.05, 3.63) is 48.5 Å². The van der Waals surface area contributed by atoms with E-state index in [1.54, 1.807) is 31.0 Å². The lowest BCUT2D eigenvalue weighted by Gasteiger charge is -2.16. The van der Waals surface area contributed by atoms with Crippen LogP contribution >= 0.6 is 0 Å². The van der Waals surface area contributed by atoms with Crippen LogP contribution in [0.15, 0.2) is 43.0 Å². The summed E-state index contributed by atoms with van der Waals surface area (Å²) in [6.07, 6.45) is 0.629. The molecule has 0 spiro atoms. The van der Waals surface area contributed by atoms with Crippen LogP contribution in [0.25, 0.3) is 5.69 Å². The molecular formula is C16H18F3N5O2. The molecule has 2 aromatic rings.